The molecule has 0 unspecified atom stereocenters. The van der Waals surface area contributed by atoms with Crippen molar-refractivity contribution in [2.24, 2.45) is 5.73 Å². The summed E-state index contributed by atoms with van der Waals surface area (Å²) in [4.78, 5) is 9.98. The zero-order valence-electron chi connectivity index (χ0n) is 8.30. The first kappa shape index (κ1) is 10.8. The lowest BCUT2D eigenvalue weighted by atomic mass is 10.2. The third kappa shape index (κ3) is 1.60. The quantitative estimate of drug-likeness (QED) is 0.712. The first-order valence-corrected chi connectivity index (χ1v) is 5.00. The SMILES string of the molecule is Br.NCCC1N2CN3CN(C2)CN1C3. The molecule has 4 aliphatic rings. The maximum absolute atomic E-state index is 5.63. The minimum Gasteiger partial charge on any atom is -0.330 e. The smallest absolute Gasteiger partial charge is 0.0680 e. The van der Waals surface area contributed by atoms with Gasteiger partial charge in [0.05, 0.1) is 39.5 Å². The van der Waals surface area contributed by atoms with Crippen molar-refractivity contribution in [2.75, 3.05) is 39.9 Å². The van der Waals surface area contributed by atoms with Gasteiger partial charge in [0, 0.05) is 0 Å². The molecule has 4 fully saturated rings. The molecule has 0 atom stereocenters. The van der Waals surface area contributed by atoms with E-state index >= 15 is 0 Å². The standard InChI is InChI=1S/C8H17N5.BrH/c9-2-1-8-12-4-10-3-11(6-12)7-13(8)5-10;/h8H,1-7,9H2;1H. The van der Waals surface area contributed by atoms with Crippen LogP contribution in [-0.2, 0) is 0 Å². The summed E-state index contributed by atoms with van der Waals surface area (Å²) >= 11 is 0. The van der Waals surface area contributed by atoms with Gasteiger partial charge >= 0.3 is 0 Å². The minimum absolute atomic E-state index is 0. The molecule has 4 saturated heterocycles. The molecule has 0 amide bonds. The number of halogens is 1. The number of rotatable bonds is 2. The van der Waals surface area contributed by atoms with Crippen LogP contribution in [0.25, 0.3) is 0 Å². The maximum atomic E-state index is 5.63. The van der Waals surface area contributed by atoms with E-state index in [-0.39, 0.29) is 17.0 Å². The summed E-state index contributed by atoms with van der Waals surface area (Å²) < 4.78 is 0. The van der Waals surface area contributed by atoms with Crippen molar-refractivity contribution in [2.45, 2.75) is 12.6 Å². The van der Waals surface area contributed by atoms with Gasteiger partial charge < -0.3 is 5.73 Å². The van der Waals surface area contributed by atoms with Gasteiger partial charge in [0.1, 0.15) is 0 Å². The van der Waals surface area contributed by atoms with Gasteiger partial charge in [0.25, 0.3) is 0 Å². The highest BCUT2D eigenvalue weighted by molar-refractivity contribution is 8.93. The number of hydrogen-bond acceptors (Lipinski definition) is 5. The van der Waals surface area contributed by atoms with E-state index in [9.17, 15) is 0 Å². The summed E-state index contributed by atoms with van der Waals surface area (Å²) in [7, 11) is 0. The largest absolute Gasteiger partial charge is 0.330 e. The molecule has 0 aromatic rings. The van der Waals surface area contributed by atoms with Crippen molar-refractivity contribution in [3.8, 4) is 0 Å². The Bertz CT molecular complexity index is 184. The molecule has 4 bridgehead atoms. The van der Waals surface area contributed by atoms with E-state index < -0.39 is 0 Å². The van der Waals surface area contributed by atoms with Crippen LogP contribution in [0.2, 0.25) is 0 Å². The van der Waals surface area contributed by atoms with Crippen molar-refractivity contribution in [1.82, 2.24) is 19.6 Å². The number of nitrogens with zero attached hydrogens (tertiary/aromatic N) is 4. The van der Waals surface area contributed by atoms with Crippen molar-refractivity contribution < 1.29 is 0 Å². The Labute approximate surface area is 95.2 Å². The lowest BCUT2D eigenvalue weighted by Crippen LogP contribution is -2.75. The fourth-order valence-electron chi connectivity index (χ4n) is 2.79. The molecular weight excluding hydrogens is 246 g/mol. The molecule has 2 N–H and O–H groups in total. The molecule has 82 valence electrons. The van der Waals surface area contributed by atoms with Gasteiger partial charge in [-0.2, -0.15) is 0 Å². The summed E-state index contributed by atoms with van der Waals surface area (Å²) in [6.07, 6.45) is 1.72. The molecular formula is C8H18BrN5. The Morgan fingerprint density at radius 2 is 1.43 bits per heavy atom. The normalized spacial score (nSPS) is 49.1. The minimum atomic E-state index is 0. The van der Waals surface area contributed by atoms with Gasteiger partial charge in [0.2, 0.25) is 0 Å². The van der Waals surface area contributed by atoms with Gasteiger partial charge in [0.15, 0.2) is 0 Å². The van der Waals surface area contributed by atoms with E-state index in [0.717, 1.165) is 46.3 Å². The first-order valence-electron chi connectivity index (χ1n) is 5.00. The van der Waals surface area contributed by atoms with E-state index in [0.29, 0.717) is 6.17 Å². The van der Waals surface area contributed by atoms with E-state index in [2.05, 4.69) is 19.6 Å². The average Bonchev–Trinajstić information content (AvgIpc) is 2.10. The highest BCUT2D eigenvalue weighted by Gasteiger charge is 2.42. The topological polar surface area (TPSA) is 39.0 Å². The van der Waals surface area contributed by atoms with Crippen LogP contribution in [0, 0.1) is 0 Å². The van der Waals surface area contributed by atoms with E-state index in [4.69, 9.17) is 5.73 Å². The van der Waals surface area contributed by atoms with Crippen LogP contribution in [0.4, 0.5) is 0 Å². The summed E-state index contributed by atoms with van der Waals surface area (Å²) in [6.45, 7) is 6.50. The van der Waals surface area contributed by atoms with E-state index in [1.54, 1.807) is 0 Å². The molecule has 6 heteroatoms. The van der Waals surface area contributed by atoms with Crippen LogP contribution in [0.3, 0.4) is 0 Å². The Kier molecular flexibility index (Phi) is 3.11. The van der Waals surface area contributed by atoms with Gasteiger partial charge in [-0.25, -0.2) is 0 Å². The van der Waals surface area contributed by atoms with E-state index in [1.165, 1.54) is 0 Å². The van der Waals surface area contributed by atoms with Crippen LogP contribution in [0.15, 0.2) is 0 Å². The highest BCUT2D eigenvalue weighted by atomic mass is 79.9. The van der Waals surface area contributed by atoms with Gasteiger partial charge in [-0.3, -0.25) is 19.6 Å². The predicted molar refractivity (Wildman–Crippen MR) is 59.5 cm³/mol. The average molecular weight is 264 g/mol. The molecule has 0 aromatic carbocycles. The lowest BCUT2D eigenvalue weighted by Gasteiger charge is -2.60. The lowest BCUT2D eigenvalue weighted by molar-refractivity contribution is -0.231. The molecule has 4 rings (SSSR count). The molecule has 5 nitrogen and oxygen atoms in total. The molecule has 4 aliphatic heterocycles. The zero-order valence-corrected chi connectivity index (χ0v) is 10.0. The fourth-order valence-corrected chi connectivity index (χ4v) is 2.79. The Morgan fingerprint density at radius 3 is 1.86 bits per heavy atom. The Hall–Kier alpha value is 0.280. The third-order valence-electron chi connectivity index (χ3n) is 3.19. The molecule has 0 aromatic heterocycles. The first-order chi connectivity index (χ1) is 6.36. The molecule has 0 saturated carbocycles. The van der Waals surface area contributed by atoms with Crippen molar-refractivity contribution in [3.63, 3.8) is 0 Å². The molecule has 0 aliphatic carbocycles. The third-order valence-corrected chi connectivity index (χ3v) is 3.19. The maximum Gasteiger partial charge on any atom is 0.0680 e. The Morgan fingerprint density at radius 1 is 0.929 bits per heavy atom. The van der Waals surface area contributed by atoms with Crippen LogP contribution in [0.5, 0.6) is 0 Å². The predicted octanol–water partition coefficient (Wildman–Crippen LogP) is -0.724. The second-order valence-electron chi connectivity index (χ2n) is 4.28. The highest BCUT2D eigenvalue weighted by Crippen LogP contribution is 2.27. The molecule has 0 radical (unpaired) electrons. The number of nitrogens with two attached hydrogens (primary N) is 1. The van der Waals surface area contributed by atoms with Gasteiger partial charge in [-0.05, 0) is 13.0 Å². The zero-order chi connectivity index (χ0) is 8.84. The summed E-state index contributed by atoms with van der Waals surface area (Å²) in [6, 6.07) is 0. The molecule has 14 heavy (non-hydrogen) atoms. The van der Waals surface area contributed by atoms with Gasteiger partial charge in [-0.15, -0.1) is 17.0 Å². The van der Waals surface area contributed by atoms with Crippen LogP contribution in [-0.4, -0.2) is 65.7 Å². The van der Waals surface area contributed by atoms with Crippen LogP contribution >= 0.6 is 17.0 Å². The summed E-state index contributed by atoms with van der Waals surface area (Å²) in [5.41, 5.74) is 5.63. The van der Waals surface area contributed by atoms with Crippen LogP contribution in [0.1, 0.15) is 6.42 Å². The van der Waals surface area contributed by atoms with Gasteiger partial charge in [-0.1, -0.05) is 0 Å². The summed E-state index contributed by atoms with van der Waals surface area (Å²) in [5, 5.41) is 0. The fraction of sp³-hybridized carbons (Fsp3) is 1.00. The second-order valence-corrected chi connectivity index (χ2v) is 4.28. The van der Waals surface area contributed by atoms with Crippen molar-refractivity contribution >= 4 is 17.0 Å². The van der Waals surface area contributed by atoms with Crippen molar-refractivity contribution in [1.29, 1.82) is 0 Å². The van der Waals surface area contributed by atoms with Crippen molar-refractivity contribution in [3.05, 3.63) is 0 Å². The van der Waals surface area contributed by atoms with Crippen LogP contribution < -0.4 is 5.73 Å². The summed E-state index contributed by atoms with van der Waals surface area (Å²) in [5.74, 6) is 0. The second kappa shape index (κ2) is 4.03. The molecule has 4 heterocycles. The Balaban J connectivity index is 0.000000750. The van der Waals surface area contributed by atoms with E-state index in [1.807, 2.05) is 0 Å². The molecule has 0 spiro atoms. The monoisotopic (exact) mass is 263 g/mol. The number of hydrogen-bond donors (Lipinski definition) is 1.